The van der Waals surface area contributed by atoms with Gasteiger partial charge in [0.05, 0.1) is 13.2 Å². The van der Waals surface area contributed by atoms with Crippen LogP contribution in [0.4, 0.5) is 0 Å². The summed E-state index contributed by atoms with van der Waals surface area (Å²) in [6.07, 6.45) is 18.4. The Labute approximate surface area is 172 Å². The van der Waals surface area contributed by atoms with Gasteiger partial charge < -0.3 is 5.11 Å². The van der Waals surface area contributed by atoms with Crippen molar-refractivity contribution in [2.75, 3.05) is 13.2 Å². The minimum Gasteiger partial charge on any atom is -0.394 e. The molecule has 1 aliphatic carbocycles. The Morgan fingerprint density at radius 1 is 0.964 bits per heavy atom. The summed E-state index contributed by atoms with van der Waals surface area (Å²) in [5.74, 6) is 0. The molecule has 0 saturated carbocycles. The Morgan fingerprint density at radius 2 is 1.54 bits per heavy atom. The minimum absolute atomic E-state index is 0.0921. The van der Waals surface area contributed by atoms with Crippen LogP contribution in [0.3, 0.4) is 0 Å². The van der Waals surface area contributed by atoms with Gasteiger partial charge in [-0.25, -0.2) is 0 Å². The fourth-order valence-corrected chi connectivity index (χ4v) is 3.38. The molecule has 0 radical (unpaired) electrons. The van der Waals surface area contributed by atoms with Crippen molar-refractivity contribution in [3.05, 3.63) is 69.9 Å². The summed E-state index contributed by atoms with van der Waals surface area (Å²) < 4.78 is 0. The third-order valence-corrected chi connectivity index (χ3v) is 5.61. The van der Waals surface area contributed by atoms with E-state index in [4.69, 9.17) is 5.11 Å². The second kappa shape index (κ2) is 11.8. The SMILES string of the molecule is CC(=CC=CC=C(C)C(C)=CC1=C(C)CCCC1(C)C)C(C)=CC=NCCO. The first-order valence-corrected chi connectivity index (χ1v) is 10.4. The van der Waals surface area contributed by atoms with Crippen LogP contribution < -0.4 is 0 Å². The van der Waals surface area contributed by atoms with Crippen LogP contribution >= 0.6 is 0 Å². The van der Waals surface area contributed by atoms with Gasteiger partial charge in [0.2, 0.25) is 0 Å². The maximum absolute atomic E-state index is 8.73. The molecule has 0 fully saturated rings. The highest BCUT2D eigenvalue weighted by Gasteiger charge is 2.26. The zero-order valence-corrected chi connectivity index (χ0v) is 19.0. The second-order valence-corrected chi connectivity index (χ2v) is 8.47. The van der Waals surface area contributed by atoms with E-state index in [0.29, 0.717) is 6.54 Å². The van der Waals surface area contributed by atoms with E-state index >= 15 is 0 Å². The molecule has 1 aliphatic rings. The lowest BCUT2D eigenvalue weighted by Crippen LogP contribution is -2.19. The number of aliphatic hydroxyl groups excluding tert-OH is 1. The van der Waals surface area contributed by atoms with E-state index in [-0.39, 0.29) is 12.0 Å². The normalized spacial score (nSPS) is 20.0. The summed E-state index contributed by atoms with van der Waals surface area (Å²) in [7, 11) is 0. The quantitative estimate of drug-likeness (QED) is 0.359. The van der Waals surface area contributed by atoms with Crippen molar-refractivity contribution in [2.45, 2.75) is 67.7 Å². The molecule has 0 aromatic heterocycles. The summed E-state index contributed by atoms with van der Waals surface area (Å²) in [5, 5.41) is 8.73. The predicted octanol–water partition coefficient (Wildman–Crippen LogP) is 6.92. The van der Waals surface area contributed by atoms with Crippen molar-refractivity contribution in [3.63, 3.8) is 0 Å². The summed E-state index contributed by atoms with van der Waals surface area (Å²) >= 11 is 0. The molecule has 0 aliphatic heterocycles. The summed E-state index contributed by atoms with van der Waals surface area (Å²) in [6, 6.07) is 0. The molecule has 0 unspecified atom stereocenters. The monoisotopic (exact) mass is 381 g/mol. The molecule has 28 heavy (non-hydrogen) atoms. The van der Waals surface area contributed by atoms with Crippen LogP contribution in [0.15, 0.2) is 74.9 Å². The third kappa shape index (κ3) is 7.98. The van der Waals surface area contributed by atoms with Crippen molar-refractivity contribution >= 4 is 6.21 Å². The van der Waals surface area contributed by atoms with Gasteiger partial charge in [-0.2, -0.15) is 0 Å². The highest BCUT2D eigenvalue weighted by molar-refractivity contribution is 5.73. The van der Waals surface area contributed by atoms with Gasteiger partial charge in [0.25, 0.3) is 0 Å². The highest BCUT2D eigenvalue weighted by atomic mass is 16.3. The Balaban J connectivity index is 2.83. The highest BCUT2D eigenvalue weighted by Crippen LogP contribution is 2.41. The van der Waals surface area contributed by atoms with E-state index in [9.17, 15) is 0 Å². The molecular formula is C26H39NO. The van der Waals surface area contributed by atoms with Crippen molar-refractivity contribution in [3.8, 4) is 0 Å². The van der Waals surface area contributed by atoms with Crippen LogP contribution in [0.1, 0.15) is 67.7 Å². The van der Waals surface area contributed by atoms with Crippen molar-refractivity contribution < 1.29 is 5.11 Å². The Bertz CT molecular complexity index is 736. The van der Waals surface area contributed by atoms with Gasteiger partial charge in [-0.3, -0.25) is 4.99 Å². The number of hydrogen-bond acceptors (Lipinski definition) is 2. The van der Waals surface area contributed by atoms with Gasteiger partial charge in [-0.15, -0.1) is 0 Å². The summed E-state index contributed by atoms with van der Waals surface area (Å²) in [6.45, 7) is 16.1. The summed E-state index contributed by atoms with van der Waals surface area (Å²) in [4.78, 5) is 4.10. The van der Waals surface area contributed by atoms with E-state index in [2.05, 4.69) is 83.8 Å². The molecular weight excluding hydrogens is 342 g/mol. The summed E-state index contributed by atoms with van der Waals surface area (Å²) in [5.41, 5.74) is 8.36. The maximum atomic E-state index is 8.73. The second-order valence-electron chi connectivity index (χ2n) is 8.47. The average molecular weight is 382 g/mol. The molecule has 0 aromatic carbocycles. The first-order chi connectivity index (χ1) is 13.2. The lowest BCUT2D eigenvalue weighted by molar-refractivity contribution is 0.307. The molecule has 2 heteroatoms. The molecule has 154 valence electrons. The molecule has 1 rings (SSSR count). The van der Waals surface area contributed by atoms with E-state index in [1.165, 1.54) is 47.1 Å². The van der Waals surface area contributed by atoms with Gasteiger partial charge in [0.1, 0.15) is 0 Å². The Morgan fingerprint density at radius 3 is 2.11 bits per heavy atom. The number of hydrogen-bond donors (Lipinski definition) is 1. The molecule has 0 atom stereocenters. The molecule has 0 saturated heterocycles. The number of nitrogens with zero attached hydrogens (tertiary/aromatic N) is 1. The van der Waals surface area contributed by atoms with E-state index in [0.717, 1.165) is 0 Å². The van der Waals surface area contributed by atoms with Crippen LogP contribution in [0.5, 0.6) is 0 Å². The standard InChI is InChI=1S/C26H39NO/c1-20(22(3)14-16-27-17-18-28)11-8-9-12-21(2)24(5)19-25-23(4)13-10-15-26(25,6)7/h8-9,11-12,14,16,19,28H,10,13,15,17-18H2,1-7H3. The number of allylic oxidation sites excluding steroid dienone is 12. The lowest BCUT2D eigenvalue weighted by atomic mass is 9.72. The molecule has 0 bridgehead atoms. The van der Waals surface area contributed by atoms with Gasteiger partial charge in [-0.1, -0.05) is 49.8 Å². The smallest absolute Gasteiger partial charge is 0.0626 e. The maximum Gasteiger partial charge on any atom is 0.0626 e. The largest absolute Gasteiger partial charge is 0.394 e. The van der Waals surface area contributed by atoms with Crippen LogP contribution in [0.2, 0.25) is 0 Å². The first kappa shape index (κ1) is 24.1. The van der Waals surface area contributed by atoms with Crippen LogP contribution in [0.25, 0.3) is 0 Å². The molecule has 0 spiro atoms. The first-order valence-electron chi connectivity index (χ1n) is 10.4. The number of aliphatic hydroxyl groups is 1. The van der Waals surface area contributed by atoms with Gasteiger partial charge in [0, 0.05) is 6.21 Å². The van der Waals surface area contributed by atoms with Gasteiger partial charge in [0.15, 0.2) is 0 Å². The fraction of sp³-hybridized carbons (Fsp3) is 0.500. The minimum atomic E-state index is 0.0921. The molecule has 0 aromatic rings. The van der Waals surface area contributed by atoms with Crippen LogP contribution in [-0.4, -0.2) is 24.5 Å². The zero-order chi connectivity index (χ0) is 21.2. The third-order valence-electron chi connectivity index (χ3n) is 5.61. The average Bonchev–Trinajstić information content (AvgIpc) is 2.64. The van der Waals surface area contributed by atoms with Crippen molar-refractivity contribution in [2.24, 2.45) is 10.4 Å². The van der Waals surface area contributed by atoms with Gasteiger partial charge in [-0.05, 0) is 93.2 Å². The number of aliphatic imine (C=N–C) groups is 1. The topological polar surface area (TPSA) is 32.6 Å². The van der Waals surface area contributed by atoms with E-state index < -0.39 is 0 Å². The predicted molar refractivity (Wildman–Crippen MR) is 125 cm³/mol. The van der Waals surface area contributed by atoms with Crippen molar-refractivity contribution in [1.29, 1.82) is 0 Å². The fourth-order valence-electron chi connectivity index (χ4n) is 3.38. The Hall–Kier alpha value is -1.93. The van der Waals surface area contributed by atoms with E-state index in [1.54, 1.807) is 11.8 Å². The Kier molecular flexibility index (Phi) is 10.2. The van der Waals surface area contributed by atoms with E-state index in [1.807, 2.05) is 6.08 Å². The van der Waals surface area contributed by atoms with Crippen molar-refractivity contribution in [1.82, 2.24) is 0 Å². The molecule has 2 nitrogen and oxygen atoms in total. The van der Waals surface area contributed by atoms with Gasteiger partial charge >= 0.3 is 0 Å². The van der Waals surface area contributed by atoms with Crippen LogP contribution in [0, 0.1) is 5.41 Å². The zero-order valence-electron chi connectivity index (χ0n) is 19.0. The molecule has 0 amide bonds. The lowest BCUT2D eigenvalue weighted by Gasteiger charge is -2.33. The molecule has 1 N–H and O–H groups in total. The molecule has 0 heterocycles. The number of rotatable bonds is 8. The van der Waals surface area contributed by atoms with Crippen LogP contribution in [-0.2, 0) is 0 Å².